The molecule has 162 valence electrons. The lowest BCUT2D eigenvalue weighted by Crippen LogP contribution is -2.23. The van der Waals surface area contributed by atoms with Gasteiger partial charge in [0, 0.05) is 35.9 Å². The van der Waals surface area contributed by atoms with Gasteiger partial charge in [0.1, 0.15) is 11.7 Å². The van der Waals surface area contributed by atoms with Crippen LogP contribution in [0.4, 0.5) is 11.5 Å². The van der Waals surface area contributed by atoms with Gasteiger partial charge in [-0.3, -0.25) is 14.6 Å². The summed E-state index contributed by atoms with van der Waals surface area (Å²) in [5.74, 6) is 0.575. The second kappa shape index (κ2) is 9.20. The van der Waals surface area contributed by atoms with Gasteiger partial charge in [0.2, 0.25) is 0 Å². The molecule has 4 rings (SSSR count). The second-order valence-corrected chi connectivity index (χ2v) is 7.96. The molecule has 2 aromatic carbocycles. The van der Waals surface area contributed by atoms with Crippen molar-refractivity contribution in [1.29, 1.82) is 0 Å². The van der Waals surface area contributed by atoms with E-state index < -0.39 is 5.91 Å². The van der Waals surface area contributed by atoms with Crippen LogP contribution in [0.3, 0.4) is 0 Å². The smallest absolute Gasteiger partial charge is 0.258 e. The molecule has 8 heteroatoms. The molecule has 2 heterocycles. The Hall–Kier alpha value is -3.71. The van der Waals surface area contributed by atoms with Gasteiger partial charge in [-0.2, -0.15) is 0 Å². The third-order valence-electron chi connectivity index (χ3n) is 5.09. The Morgan fingerprint density at radius 2 is 1.78 bits per heavy atom. The summed E-state index contributed by atoms with van der Waals surface area (Å²) in [6.07, 6.45) is 1.66. The summed E-state index contributed by atoms with van der Waals surface area (Å²) in [6.45, 7) is 3.57. The van der Waals surface area contributed by atoms with Gasteiger partial charge in [-0.15, -0.1) is 0 Å². The van der Waals surface area contributed by atoms with Gasteiger partial charge in [-0.05, 0) is 48.9 Å². The third kappa shape index (κ3) is 4.78. The molecule has 0 aliphatic carbocycles. The van der Waals surface area contributed by atoms with Crippen LogP contribution in [0.2, 0.25) is 5.02 Å². The molecule has 1 aliphatic rings. The molecule has 1 aliphatic heterocycles. The summed E-state index contributed by atoms with van der Waals surface area (Å²) in [4.78, 5) is 36.4. The Morgan fingerprint density at radius 3 is 2.44 bits per heavy atom. The second-order valence-electron chi connectivity index (χ2n) is 7.52. The summed E-state index contributed by atoms with van der Waals surface area (Å²) in [5.41, 5.74) is 3.01. The number of aromatic nitrogens is 1. The normalized spacial score (nSPS) is 13.0. The highest BCUT2D eigenvalue weighted by Gasteiger charge is 2.18. The number of amidine groups is 1. The number of likely N-dealkylation sites (N-methyl/N-ethyl adjacent to an activating group) is 1. The van der Waals surface area contributed by atoms with Crippen LogP contribution < -0.4 is 10.6 Å². The largest absolute Gasteiger partial charge is 0.358 e. The molecule has 0 radical (unpaired) electrons. The summed E-state index contributed by atoms with van der Waals surface area (Å²) >= 11 is 6.11. The maximum absolute atomic E-state index is 12.8. The Balaban J connectivity index is 1.52. The number of rotatable bonds is 5. The number of hydrogen-bond acceptors (Lipinski definition) is 5. The fourth-order valence-corrected chi connectivity index (χ4v) is 3.52. The summed E-state index contributed by atoms with van der Waals surface area (Å²) in [5, 5.41) is 5.92. The lowest BCUT2D eigenvalue weighted by atomic mass is 10.1. The van der Waals surface area contributed by atoms with E-state index in [4.69, 9.17) is 11.6 Å². The van der Waals surface area contributed by atoms with E-state index in [2.05, 4.69) is 25.5 Å². The number of pyridine rings is 1. The van der Waals surface area contributed by atoms with E-state index in [9.17, 15) is 9.59 Å². The van der Waals surface area contributed by atoms with Gasteiger partial charge in [0.25, 0.3) is 11.8 Å². The molecule has 2 N–H and O–H groups in total. The number of amides is 2. The summed E-state index contributed by atoms with van der Waals surface area (Å²) < 4.78 is 0. The SMILES string of the molecule is Cc1ccc(NC(=O)c2cc(Cl)ccc2NC(=O)c2ccc(C3=NCCN3C)cc2)nc1. The van der Waals surface area contributed by atoms with Crippen molar-refractivity contribution in [1.82, 2.24) is 9.88 Å². The van der Waals surface area contributed by atoms with E-state index in [-0.39, 0.29) is 11.5 Å². The highest BCUT2D eigenvalue weighted by molar-refractivity contribution is 6.31. The van der Waals surface area contributed by atoms with Crippen molar-refractivity contribution in [2.45, 2.75) is 6.92 Å². The van der Waals surface area contributed by atoms with Gasteiger partial charge >= 0.3 is 0 Å². The molecule has 0 atom stereocenters. The van der Waals surface area contributed by atoms with Crippen molar-refractivity contribution in [3.05, 3.63) is 88.1 Å². The molecular formula is C24H22ClN5O2. The van der Waals surface area contributed by atoms with Crippen LogP contribution in [-0.4, -0.2) is 47.7 Å². The summed E-state index contributed by atoms with van der Waals surface area (Å²) in [7, 11) is 1.99. The van der Waals surface area contributed by atoms with Gasteiger partial charge in [-0.25, -0.2) is 4.98 Å². The molecule has 0 fully saturated rings. The first-order valence-electron chi connectivity index (χ1n) is 10.1. The molecule has 0 spiro atoms. The number of aryl methyl sites for hydroxylation is 1. The lowest BCUT2D eigenvalue weighted by molar-refractivity contribution is 0.102. The van der Waals surface area contributed by atoms with E-state index in [1.807, 2.05) is 32.2 Å². The Morgan fingerprint density at radius 1 is 1.00 bits per heavy atom. The number of aliphatic imine (C=N–C) groups is 1. The molecule has 0 saturated carbocycles. The van der Waals surface area contributed by atoms with E-state index in [0.29, 0.717) is 22.1 Å². The standard InChI is InChI=1S/C24H22ClN5O2/c1-15-3-10-21(27-14-15)29-24(32)19-13-18(25)8-9-20(19)28-23(31)17-6-4-16(5-7-17)22-26-11-12-30(22)2/h3-10,13-14H,11-12H2,1-2H3,(H,28,31)(H,27,29,32). The molecule has 3 aromatic rings. The topological polar surface area (TPSA) is 86.7 Å². The predicted octanol–water partition coefficient (Wildman–Crippen LogP) is 4.24. The van der Waals surface area contributed by atoms with Crippen LogP contribution in [0.25, 0.3) is 0 Å². The van der Waals surface area contributed by atoms with Crippen molar-refractivity contribution in [3.8, 4) is 0 Å². The van der Waals surface area contributed by atoms with Gasteiger partial charge in [0.15, 0.2) is 0 Å². The average Bonchev–Trinajstić information content (AvgIpc) is 3.22. The molecule has 2 amide bonds. The van der Waals surface area contributed by atoms with E-state index in [1.165, 1.54) is 6.07 Å². The zero-order valence-corrected chi connectivity index (χ0v) is 18.5. The number of nitrogens with zero attached hydrogens (tertiary/aromatic N) is 3. The first kappa shape index (κ1) is 21.5. The third-order valence-corrected chi connectivity index (χ3v) is 5.33. The molecule has 0 bridgehead atoms. The van der Waals surface area contributed by atoms with Crippen molar-refractivity contribution < 1.29 is 9.59 Å². The van der Waals surface area contributed by atoms with Crippen LogP contribution in [0.15, 0.2) is 65.8 Å². The van der Waals surface area contributed by atoms with Crippen molar-refractivity contribution in [2.24, 2.45) is 4.99 Å². The molecular weight excluding hydrogens is 426 g/mol. The van der Waals surface area contributed by atoms with Crippen molar-refractivity contribution >= 4 is 40.8 Å². The number of carbonyl (C=O) groups is 2. The van der Waals surface area contributed by atoms with E-state index in [0.717, 1.165) is 30.1 Å². The zero-order valence-electron chi connectivity index (χ0n) is 17.7. The molecule has 32 heavy (non-hydrogen) atoms. The average molecular weight is 448 g/mol. The highest BCUT2D eigenvalue weighted by Crippen LogP contribution is 2.23. The van der Waals surface area contributed by atoms with Crippen LogP contribution >= 0.6 is 11.6 Å². The maximum atomic E-state index is 12.8. The van der Waals surface area contributed by atoms with Gasteiger partial charge < -0.3 is 15.5 Å². The first-order valence-corrected chi connectivity index (χ1v) is 10.5. The van der Waals surface area contributed by atoms with Gasteiger partial charge in [0.05, 0.1) is 17.8 Å². The van der Waals surface area contributed by atoms with E-state index in [1.54, 1.807) is 36.5 Å². The van der Waals surface area contributed by atoms with Crippen LogP contribution in [0.5, 0.6) is 0 Å². The number of nitrogens with one attached hydrogen (secondary N) is 2. The van der Waals surface area contributed by atoms with Crippen LogP contribution in [0, 0.1) is 6.92 Å². The Kier molecular flexibility index (Phi) is 6.18. The predicted molar refractivity (Wildman–Crippen MR) is 127 cm³/mol. The van der Waals surface area contributed by atoms with Crippen LogP contribution in [-0.2, 0) is 0 Å². The fourth-order valence-electron chi connectivity index (χ4n) is 3.35. The number of carbonyl (C=O) groups excluding carboxylic acids is 2. The minimum atomic E-state index is -0.420. The minimum absolute atomic E-state index is 0.242. The molecule has 1 aromatic heterocycles. The van der Waals surface area contributed by atoms with Crippen molar-refractivity contribution in [3.63, 3.8) is 0 Å². The number of benzene rings is 2. The number of anilines is 2. The maximum Gasteiger partial charge on any atom is 0.258 e. The molecule has 0 saturated heterocycles. The van der Waals surface area contributed by atoms with Crippen LogP contribution in [0.1, 0.15) is 31.8 Å². The number of hydrogen-bond donors (Lipinski definition) is 2. The lowest BCUT2D eigenvalue weighted by Gasteiger charge is -2.14. The monoisotopic (exact) mass is 447 g/mol. The number of halogens is 1. The molecule has 7 nitrogen and oxygen atoms in total. The minimum Gasteiger partial charge on any atom is -0.358 e. The fraction of sp³-hybridized carbons (Fsp3) is 0.167. The highest BCUT2D eigenvalue weighted by atomic mass is 35.5. The van der Waals surface area contributed by atoms with Crippen molar-refractivity contribution in [2.75, 3.05) is 30.8 Å². The van der Waals surface area contributed by atoms with E-state index >= 15 is 0 Å². The zero-order chi connectivity index (χ0) is 22.7. The summed E-state index contributed by atoms with van der Waals surface area (Å²) in [6, 6.07) is 15.5. The Bertz CT molecular complexity index is 1190. The quantitative estimate of drug-likeness (QED) is 0.612. The molecule has 0 unspecified atom stereocenters. The Labute approximate surface area is 191 Å². The van der Waals surface area contributed by atoms with Gasteiger partial charge in [-0.1, -0.05) is 29.8 Å². The first-order chi connectivity index (χ1) is 15.4.